The molecule has 4 rings (SSSR count). The SMILES string of the molecule is COc1cc2c(cc1C(C)=O)C(=O)C1=C(Cc3cc(C#N)ccc31)C2(C)C. The number of carbonyl (C=O) groups excluding carboxylic acids is 2. The number of rotatable bonds is 2. The molecule has 0 aromatic heterocycles. The molecular formula is C23H19NO3. The first-order valence-corrected chi connectivity index (χ1v) is 8.84. The summed E-state index contributed by atoms with van der Waals surface area (Å²) in [6.07, 6.45) is 0.648. The van der Waals surface area contributed by atoms with Crippen molar-refractivity contribution in [1.82, 2.24) is 0 Å². The van der Waals surface area contributed by atoms with Crippen molar-refractivity contribution in [3.63, 3.8) is 0 Å². The molecule has 0 unspecified atom stereocenters. The second-order valence-electron chi connectivity index (χ2n) is 7.62. The van der Waals surface area contributed by atoms with Gasteiger partial charge >= 0.3 is 0 Å². The maximum absolute atomic E-state index is 13.4. The molecule has 2 aliphatic carbocycles. The Kier molecular flexibility index (Phi) is 3.61. The number of hydrogen-bond donors (Lipinski definition) is 0. The van der Waals surface area contributed by atoms with Gasteiger partial charge in [0, 0.05) is 16.6 Å². The number of fused-ring (bicyclic) bond motifs is 3. The molecule has 4 nitrogen and oxygen atoms in total. The van der Waals surface area contributed by atoms with Crippen LogP contribution in [0.5, 0.6) is 5.75 Å². The van der Waals surface area contributed by atoms with E-state index in [-0.39, 0.29) is 17.0 Å². The van der Waals surface area contributed by atoms with Gasteiger partial charge in [-0.05, 0) is 59.9 Å². The van der Waals surface area contributed by atoms with Crippen molar-refractivity contribution in [2.45, 2.75) is 32.6 Å². The maximum atomic E-state index is 13.4. The van der Waals surface area contributed by atoms with E-state index in [0.717, 1.165) is 22.3 Å². The van der Waals surface area contributed by atoms with Crippen LogP contribution in [-0.4, -0.2) is 18.7 Å². The number of nitrogens with zero attached hydrogens (tertiary/aromatic N) is 1. The van der Waals surface area contributed by atoms with Crippen molar-refractivity contribution in [2.75, 3.05) is 7.11 Å². The molecule has 2 aromatic rings. The Bertz CT molecular complexity index is 1110. The Hall–Kier alpha value is -3.19. The number of ketones is 2. The largest absolute Gasteiger partial charge is 0.496 e. The number of methoxy groups -OCH3 is 1. The van der Waals surface area contributed by atoms with Crippen LogP contribution < -0.4 is 4.74 Å². The van der Waals surface area contributed by atoms with Crippen molar-refractivity contribution in [1.29, 1.82) is 5.26 Å². The topological polar surface area (TPSA) is 67.2 Å². The summed E-state index contributed by atoms with van der Waals surface area (Å²) in [5.41, 5.74) is 5.74. The minimum absolute atomic E-state index is 0.0621. The van der Waals surface area contributed by atoms with Gasteiger partial charge in [0.05, 0.1) is 24.3 Å². The van der Waals surface area contributed by atoms with Gasteiger partial charge in [-0.1, -0.05) is 19.9 Å². The highest BCUT2D eigenvalue weighted by Crippen LogP contribution is 2.50. The molecule has 0 bridgehead atoms. The van der Waals surface area contributed by atoms with Crippen LogP contribution >= 0.6 is 0 Å². The van der Waals surface area contributed by atoms with Crippen LogP contribution in [0.2, 0.25) is 0 Å². The van der Waals surface area contributed by atoms with E-state index in [9.17, 15) is 14.9 Å². The average molecular weight is 357 g/mol. The molecule has 2 aromatic carbocycles. The molecule has 2 aliphatic rings. The lowest BCUT2D eigenvalue weighted by molar-refractivity contribution is 0.101. The number of ether oxygens (including phenoxy) is 1. The Labute approximate surface area is 158 Å². The monoisotopic (exact) mass is 357 g/mol. The van der Waals surface area contributed by atoms with Crippen LogP contribution in [0.4, 0.5) is 0 Å². The first-order chi connectivity index (χ1) is 12.8. The second kappa shape index (κ2) is 5.65. The second-order valence-corrected chi connectivity index (χ2v) is 7.62. The van der Waals surface area contributed by atoms with Crippen LogP contribution in [0, 0.1) is 11.3 Å². The molecule has 27 heavy (non-hydrogen) atoms. The minimum atomic E-state index is -0.382. The number of nitriles is 1. The first-order valence-electron chi connectivity index (χ1n) is 8.84. The molecule has 0 N–H and O–H groups in total. The van der Waals surface area contributed by atoms with Gasteiger partial charge in [0.2, 0.25) is 0 Å². The number of hydrogen-bond acceptors (Lipinski definition) is 4. The molecule has 0 fully saturated rings. The summed E-state index contributed by atoms with van der Waals surface area (Å²) in [6.45, 7) is 5.66. The van der Waals surface area contributed by atoms with Crippen molar-refractivity contribution < 1.29 is 14.3 Å². The standard InChI is InChI=1S/C23H19NO3/c1-12(25)16-9-17-18(10-20(16)27-4)23(2,3)19-8-14-7-13(11-24)5-6-15(14)21(19)22(17)26/h5-7,9-10H,8H2,1-4H3. The Balaban J connectivity index is 1.97. The number of Topliss-reactive ketones (excluding diaryl/α,β-unsaturated/α-hetero) is 2. The number of carbonyl (C=O) groups is 2. The van der Waals surface area contributed by atoms with E-state index in [0.29, 0.717) is 34.4 Å². The van der Waals surface area contributed by atoms with Gasteiger partial charge < -0.3 is 4.74 Å². The lowest BCUT2D eigenvalue weighted by atomic mass is 9.68. The normalized spacial score (nSPS) is 16.3. The predicted molar refractivity (Wildman–Crippen MR) is 102 cm³/mol. The summed E-state index contributed by atoms with van der Waals surface area (Å²) in [7, 11) is 1.53. The van der Waals surface area contributed by atoms with Crippen LogP contribution in [-0.2, 0) is 11.8 Å². The third kappa shape index (κ3) is 2.28. The third-order valence-corrected chi connectivity index (χ3v) is 5.79. The fraction of sp³-hybridized carbons (Fsp3) is 0.261. The van der Waals surface area contributed by atoms with E-state index < -0.39 is 0 Å². The molecule has 134 valence electrons. The summed E-state index contributed by atoms with van der Waals surface area (Å²) in [4.78, 5) is 25.4. The lowest BCUT2D eigenvalue weighted by Crippen LogP contribution is -2.30. The summed E-state index contributed by atoms with van der Waals surface area (Å²) in [5.74, 6) is 0.298. The quantitative estimate of drug-likeness (QED) is 0.754. The fourth-order valence-electron chi connectivity index (χ4n) is 4.31. The molecule has 0 saturated heterocycles. The number of benzene rings is 2. The summed E-state index contributed by atoms with van der Waals surface area (Å²) < 4.78 is 5.42. The van der Waals surface area contributed by atoms with Gasteiger partial charge in [-0.3, -0.25) is 9.59 Å². The summed E-state index contributed by atoms with van der Waals surface area (Å²) in [6, 6.07) is 11.1. The van der Waals surface area contributed by atoms with Gasteiger partial charge in [-0.25, -0.2) is 0 Å². The Morgan fingerprint density at radius 1 is 1.19 bits per heavy atom. The zero-order valence-corrected chi connectivity index (χ0v) is 15.8. The number of allylic oxidation sites excluding steroid dienone is 2. The molecule has 0 atom stereocenters. The molecule has 0 spiro atoms. The van der Waals surface area contributed by atoms with Gasteiger partial charge in [0.25, 0.3) is 0 Å². The van der Waals surface area contributed by atoms with Gasteiger partial charge in [-0.2, -0.15) is 5.26 Å². The molecule has 0 radical (unpaired) electrons. The van der Waals surface area contributed by atoms with Gasteiger partial charge in [0.15, 0.2) is 11.6 Å². The maximum Gasteiger partial charge on any atom is 0.193 e. The van der Waals surface area contributed by atoms with Crippen LogP contribution in [0.3, 0.4) is 0 Å². The summed E-state index contributed by atoms with van der Waals surface area (Å²) >= 11 is 0. The van der Waals surface area contributed by atoms with E-state index in [1.54, 1.807) is 12.1 Å². The molecular weight excluding hydrogens is 338 g/mol. The van der Waals surface area contributed by atoms with Crippen molar-refractivity contribution >= 4 is 17.1 Å². The van der Waals surface area contributed by atoms with Crippen LogP contribution in [0.15, 0.2) is 35.9 Å². The molecule has 0 saturated carbocycles. The molecule has 0 heterocycles. The first kappa shape index (κ1) is 17.2. The minimum Gasteiger partial charge on any atom is -0.496 e. The van der Waals surface area contributed by atoms with Gasteiger partial charge in [-0.15, -0.1) is 0 Å². The van der Waals surface area contributed by atoms with Crippen LogP contribution in [0.1, 0.15) is 63.7 Å². The van der Waals surface area contributed by atoms with E-state index in [1.807, 2.05) is 18.2 Å². The third-order valence-electron chi connectivity index (χ3n) is 5.79. The van der Waals surface area contributed by atoms with E-state index in [1.165, 1.54) is 14.0 Å². The molecule has 0 amide bonds. The van der Waals surface area contributed by atoms with Crippen LogP contribution in [0.25, 0.3) is 5.57 Å². The highest BCUT2D eigenvalue weighted by Gasteiger charge is 2.43. The Morgan fingerprint density at radius 2 is 1.93 bits per heavy atom. The van der Waals surface area contributed by atoms with Crippen molar-refractivity contribution in [3.05, 3.63) is 69.3 Å². The lowest BCUT2D eigenvalue weighted by Gasteiger charge is -2.35. The summed E-state index contributed by atoms with van der Waals surface area (Å²) in [5, 5.41) is 9.19. The zero-order chi connectivity index (χ0) is 19.5. The van der Waals surface area contributed by atoms with Gasteiger partial charge in [0.1, 0.15) is 5.75 Å². The molecule has 0 aliphatic heterocycles. The Morgan fingerprint density at radius 3 is 2.56 bits per heavy atom. The zero-order valence-electron chi connectivity index (χ0n) is 15.8. The molecule has 4 heteroatoms. The van der Waals surface area contributed by atoms with E-state index in [4.69, 9.17) is 4.74 Å². The van der Waals surface area contributed by atoms with E-state index >= 15 is 0 Å². The van der Waals surface area contributed by atoms with E-state index in [2.05, 4.69) is 19.9 Å². The highest BCUT2D eigenvalue weighted by atomic mass is 16.5. The highest BCUT2D eigenvalue weighted by molar-refractivity contribution is 6.33. The van der Waals surface area contributed by atoms with Crippen molar-refractivity contribution in [2.24, 2.45) is 0 Å². The predicted octanol–water partition coefficient (Wildman–Crippen LogP) is 4.25. The smallest absolute Gasteiger partial charge is 0.193 e. The van der Waals surface area contributed by atoms with Crippen molar-refractivity contribution in [3.8, 4) is 11.8 Å². The fourth-order valence-corrected chi connectivity index (χ4v) is 4.31. The average Bonchev–Trinajstić information content (AvgIpc) is 3.05.